The minimum absolute atomic E-state index is 0.220. The predicted molar refractivity (Wildman–Crippen MR) is 113 cm³/mol. The van der Waals surface area contributed by atoms with E-state index < -0.39 is 0 Å². The maximum atomic E-state index is 6.55. The van der Waals surface area contributed by atoms with E-state index in [0.29, 0.717) is 16.1 Å². The van der Waals surface area contributed by atoms with Crippen molar-refractivity contribution < 1.29 is 4.74 Å². The van der Waals surface area contributed by atoms with Crippen molar-refractivity contribution in [2.45, 2.75) is 24.9 Å². The molecule has 0 radical (unpaired) electrons. The van der Waals surface area contributed by atoms with E-state index in [9.17, 15) is 0 Å². The zero-order chi connectivity index (χ0) is 18.8. The van der Waals surface area contributed by atoms with Crippen LogP contribution < -0.4 is 4.90 Å². The standard InChI is InChI=1S/C21H23Cl3N2O/c22-16-3-1-15(2-4-16)21-14-25(18-7-11-27-12-8-18)9-10-26(21)20-6-5-17(23)13-19(20)24/h1-6,13,18,21H,7-12,14H2. The first-order valence-corrected chi connectivity index (χ1v) is 10.5. The Morgan fingerprint density at radius 3 is 2.26 bits per heavy atom. The minimum atomic E-state index is 0.220. The lowest BCUT2D eigenvalue weighted by molar-refractivity contribution is 0.0270. The molecule has 6 heteroatoms. The molecule has 4 rings (SSSR count). The second-order valence-corrected chi connectivity index (χ2v) is 8.48. The molecule has 1 atom stereocenters. The van der Waals surface area contributed by atoms with Crippen molar-refractivity contribution in [3.8, 4) is 0 Å². The normalized spacial score (nSPS) is 22.2. The fraction of sp³-hybridized carbons (Fsp3) is 0.429. The smallest absolute Gasteiger partial charge is 0.0670 e. The van der Waals surface area contributed by atoms with Gasteiger partial charge in [0.15, 0.2) is 0 Å². The van der Waals surface area contributed by atoms with Crippen LogP contribution in [0.15, 0.2) is 42.5 Å². The number of hydrogen-bond acceptors (Lipinski definition) is 3. The topological polar surface area (TPSA) is 15.7 Å². The van der Waals surface area contributed by atoms with Crippen molar-refractivity contribution in [2.24, 2.45) is 0 Å². The fourth-order valence-corrected chi connectivity index (χ4v) is 4.80. The Labute approximate surface area is 175 Å². The summed E-state index contributed by atoms with van der Waals surface area (Å²) in [5.74, 6) is 0. The highest BCUT2D eigenvalue weighted by Crippen LogP contribution is 2.37. The van der Waals surface area contributed by atoms with E-state index in [1.165, 1.54) is 5.56 Å². The molecule has 0 saturated carbocycles. The second kappa shape index (κ2) is 8.59. The molecule has 0 spiro atoms. The summed E-state index contributed by atoms with van der Waals surface area (Å²) in [6, 6.07) is 14.7. The summed E-state index contributed by atoms with van der Waals surface area (Å²) >= 11 is 18.8. The molecule has 0 bridgehead atoms. The molecule has 2 aromatic rings. The van der Waals surface area contributed by atoms with Gasteiger partial charge in [-0.2, -0.15) is 0 Å². The van der Waals surface area contributed by atoms with Crippen molar-refractivity contribution in [2.75, 3.05) is 37.7 Å². The average molecular weight is 426 g/mol. The first-order valence-electron chi connectivity index (χ1n) is 9.41. The Hall–Kier alpha value is -0.970. The van der Waals surface area contributed by atoms with Crippen LogP contribution in [0.2, 0.25) is 15.1 Å². The van der Waals surface area contributed by atoms with E-state index in [1.807, 2.05) is 30.3 Å². The number of nitrogens with zero attached hydrogens (tertiary/aromatic N) is 2. The molecule has 2 aromatic carbocycles. The Bertz CT molecular complexity index is 777. The molecule has 0 N–H and O–H groups in total. The van der Waals surface area contributed by atoms with Gasteiger partial charge in [0.1, 0.15) is 0 Å². The summed E-state index contributed by atoms with van der Waals surface area (Å²) in [4.78, 5) is 5.01. The number of hydrogen-bond donors (Lipinski definition) is 0. The maximum absolute atomic E-state index is 6.55. The van der Waals surface area contributed by atoms with Crippen LogP contribution >= 0.6 is 34.8 Å². The molecule has 2 saturated heterocycles. The largest absolute Gasteiger partial charge is 0.381 e. The number of ether oxygens (including phenoxy) is 1. The molecular weight excluding hydrogens is 403 g/mol. The van der Waals surface area contributed by atoms with Crippen LogP contribution in [0.1, 0.15) is 24.4 Å². The molecule has 2 heterocycles. The maximum Gasteiger partial charge on any atom is 0.0670 e. The van der Waals surface area contributed by atoms with E-state index in [2.05, 4.69) is 21.9 Å². The van der Waals surface area contributed by atoms with Gasteiger partial charge in [0.25, 0.3) is 0 Å². The number of rotatable bonds is 3. The summed E-state index contributed by atoms with van der Waals surface area (Å²) in [5, 5.41) is 2.11. The first kappa shape index (κ1) is 19.4. The van der Waals surface area contributed by atoms with Crippen molar-refractivity contribution in [3.05, 3.63) is 63.1 Å². The van der Waals surface area contributed by atoms with Crippen LogP contribution in [0.25, 0.3) is 0 Å². The number of anilines is 1. The van der Waals surface area contributed by atoms with Gasteiger partial charge in [0.05, 0.1) is 16.8 Å². The van der Waals surface area contributed by atoms with E-state index >= 15 is 0 Å². The van der Waals surface area contributed by atoms with E-state index in [1.54, 1.807) is 0 Å². The molecule has 0 amide bonds. The lowest BCUT2D eigenvalue weighted by atomic mass is 9.98. The highest BCUT2D eigenvalue weighted by Gasteiger charge is 2.33. The lowest BCUT2D eigenvalue weighted by Crippen LogP contribution is -2.53. The predicted octanol–water partition coefficient (Wildman–Crippen LogP) is 5.69. The molecule has 0 aromatic heterocycles. The summed E-state index contributed by atoms with van der Waals surface area (Å²) in [7, 11) is 0. The monoisotopic (exact) mass is 424 g/mol. The van der Waals surface area contributed by atoms with Gasteiger partial charge in [0, 0.05) is 48.9 Å². The van der Waals surface area contributed by atoms with Gasteiger partial charge in [-0.1, -0.05) is 46.9 Å². The average Bonchev–Trinajstić information content (AvgIpc) is 2.69. The van der Waals surface area contributed by atoms with E-state index in [-0.39, 0.29) is 6.04 Å². The molecule has 2 aliphatic heterocycles. The molecule has 2 fully saturated rings. The minimum Gasteiger partial charge on any atom is -0.381 e. The third-order valence-electron chi connectivity index (χ3n) is 5.59. The van der Waals surface area contributed by atoms with Crippen LogP contribution in [0, 0.1) is 0 Å². The van der Waals surface area contributed by atoms with Crippen molar-refractivity contribution in [1.29, 1.82) is 0 Å². The van der Waals surface area contributed by atoms with Gasteiger partial charge >= 0.3 is 0 Å². The quantitative estimate of drug-likeness (QED) is 0.628. The Morgan fingerprint density at radius 1 is 0.852 bits per heavy atom. The molecule has 27 heavy (non-hydrogen) atoms. The Kier molecular flexibility index (Phi) is 6.15. The third-order valence-corrected chi connectivity index (χ3v) is 6.38. The van der Waals surface area contributed by atoms with E-state index in [4.69, 9.17) is 39.5 Å². The summed E-state index contributed by atoms with van der Waals surface area (Å²) in [6.45, 7) is 4.63. The van der Waals surface area contributed by atoms with Crippen molar-refractivity contribution in [3.63, 3.8) is 0 Å². The summed E-state index contributed by atoms with van der Waals surface area (Å²) in [6.07, 6.45) is 2.21. The third kappa shape index (κ3) is 4.38. The van der Waals surface area contributed by atoms with Crippen LogP contribution in [-0.4, -0.2) is 43.8 Å². The molecule has 3 nitrogen and oxygen atoms in total. The van der Waals surface area contributed by atoms with Gasteiger partial charge in [-0.25, -0.2) is 0 Å². The number of halogens is 3. The molecule has 0 aliphatic carbocycles. The highest BCUT2D eigenvalue weighted by molar-refractivity contribution is 6.36. The van der Waals surface area contributed by atoms with E-state index in [0.717, 1.165) is 56.4 Å². The van der Waals surface area contributed by atoms with Gasteiger partial charge in [-0.15, -0.1) is 0 Å². The SMILES string of the molecule is Clc1ccc(C2CN(C3CCOCC3)CCN2c2ccc(Cl)cc2Cl)cc1. The number of benzene rings is 2. The molecular formula is C21H23Cl3N2O. The number of piperazine rings is 1. The Morgan fingerprint density at radius 2 is 1.56 bits per heavy atom. The summed E-state index contributed by atoms with van der Waals surface area (Å²) < 4.78 is 5.55. The highest BCUT2D eigenvalue weighted by atomic mass is 35.5. The summed E-state index contributed by atoms with van der Waals surface area (Å²) in [5.41, 5.74) is 2.29. The zero-order valence-corrected chi connectivity index (χ0v) is 17.4. The van der Waals surface area contributed by atoms with Crippen molar-refractivity contribution in [1.82, 2.24) is 4.90 Å². The fourth-order valence-electron chi connectivity index (χ4n) is 4.16. The molecule has 1 unspecified atom stereocenters. The van der Waals surface area contributed by atoms with Gasteiger partial charge in [-0.3, -0.25) is 4.90 Å². The van der Waals surface area contributed by atoms with Crippen LogP contribution in [0.3, 0.4) is 0 Å². The zero-order valence-electron chi connectivity index (χ0n) is 15.1. The molecule has 2 aliphatic rings. The van der Waals surface area contributed by atoms with Gasteiger partial charge in [-0.05, 0) is 48.7 Å². The lowest BCUT2D eigenvalue weighted by Gasteiger charge is -2.46. The second-order valence-electron chi connectivity index (χ2n) is 7.19. The van der Waals surface area contributed by atoms with Crippen molar-refractivity contribution >= 4 is 40.5 Å². The van der Waals surface area contributed by atoms with Gasteiger partial charge in [0.2, 0.25) is 0 Å². The van der Waals surface area contributed by atoms with Gasteiger partial charge < -0.3 is 9.64 Å². The van der Waals surface area contributed by atoms with Crippen LogP contribution in [-0.2, 0) is 4.74 Å². The first-order chi connectivity index (χ1) is 13.1. The molecule has 144 valence electrons. The van der Waals surface area contributed by atoms with Crippen LogP contribution in [0.4, 0.5) is 5.69 Å². The van der Waals surface area contributed by atoms with Crippen LogP contribution in [0.5, 0.6) is 0 Å². The Balaban J connectivity index is 1.64.